The Balaban J connectivity index is 2.21. The van der Waals surface area contributed by atoms with Crippen molar-refractivity contribution in [1.82, 2.24) is 4.98 Å². The van der Waals surface area contributed by atoms with E-state index in [1.807, 2.05) is 18.2 Å². The number of pyridine rings is 1. The summed E-state index contributed by atoms with van der Waals surface area (Å²) in [4.78, 5) is 7.23. The smallest absolute Gasteiger partial charge is 0.129 e. The van der Waals surface area contributed by atoms with Crippen LogP contribution in [0.15, 0.2) is 18.2 Å². The van der Waals surface area contributed by atoms with Crippen LogP contribution in [0.2, 0.25) is 0 Å². The summed E-state index contributed by atoms with van der Waals surface area (Å²) >= 11 is 4.97. The van der Waals surface area contributed by atoms with Gasteiger partial charge in [0, 0.05) is 12.6 Å². The second kappa shape index (κ2) is 5.00. The molecule has 0 saturated heterocycles. The molecule has 0 atom stereocenters. The lowest BCUT2D eigenvalue weighted by atomic mass is 10.2. The van der Waals surface area contributed by atoms with Crippen molar-refractivity contribution in [2.24, 2.45) is 11.7 Å². The highest BCUT2D eigenvalue weighted by atomic mass is 32.1. The van der Waals surface area contributed by atoms with Gasteiger partial charge in [-0.15, -0.1) is 0 Å². The Hall–Kier alpha value is -1.16. The normalized spacial score (nSPS) is 15.0. The van der Waals surface area contributed by atoms with Crippen LogP contribution in [0, 0.1) is 5.92 Å². The molecule has 92 valence electrons. The number of rotatable bonds is 5. The van der Waals surface area contributed by atoms with Crippen LogP contribution in [-0.2, 0) is 0 Å². The molecule has 1 aromatic heterocycles. The third-order valence-electron chi connectivity index (χ3n) is 3.06. The predicted molar refractivity (Wildman–Crippen MR) is 75.3 cm³/mol. The van der Waals surface area contributed by atoms with Crippen molar-refractivity contribution in [3.8, 4) is 0 Å². The SMILES string of the molecule is CC(C)N(CC1CC1)c1cccc(C(N)=S)n1. The van der Waals surface area contributed by atoms with Crippen LogP contribution in [0.3, 0.4) is 0 Å². The standard InChI is InChI=1S/C13H19N3S/c1-9(2)16(8-10-6-7-10)12-5-3-4-11(15-12)13(14)17/h3-5,9-10H,6-8H2,1-2H3,(H2,14,17). The molecular weight excluding hydrogens is 230 g/mol. The van der Waals surface area contributed by atoms with Crippen molar-refractivity contribution in [2.45, 2.75) is 32.7 Å². The summed E-state index contributed by atoms with van der Waals surface area (Å²) in [5.74, 6) is 1.82. The number of anilines is 1. The highest BCUT2D eigenvalue weighted by molar-refractivity contribution is 7.80. The molecule has 4 heteroatoms. The maximum absolute atomic E-state index is 5.62. The summed E-state index contributed by atoms with van der Waals surface area (Å²) in [6.45, 7) is 5.47. The number of aromatic nitrogens is 1. The molecular formula is C13H19N3S. The Morgan fingerprint density at radius 1 is 1.53 bits per heavy atom. The minimum Gasteiger partial charge on any atom is -0.388 e. The van der Waals surface area contributed by atoms with E-state index in [0.717, 1.165) is 18.3 Å². The Kier molecular flexibility index (Phi) is 3.62. The second-order valence-electron chi connectivity index (χ2n) is 4.93. The first-order valence-electron chi connectivity index (χ1n) is 6.11. The monoisotopic (exact) mass is 249 g/mol. The Labute approximate surface area is 108 Å². The summed E-state index contributed by atoms with van der Waals surface area (Å²) in [5.41, 5.74) is 6.33. The van der Waals surface area contributed by atoms with Crippen molar-refractivity contribution < 1.29 is 0 Å². The Morgan fingerprint density at radius 2 is 2.24 bits per heavy atom. The van der Waals surface area contributed by atoms with Gasteiger partial charge in [0.25, 0.3) is 0 Å². The minimum absolute atomic E-state index is 0.363. The van der Waals surface area contributed by atoms with Crippen molar-refractivity contribution >= 4 is 23.0 Å². The molecule has 1 fully saturated rings. The van der Waals surface area contributed by atoms with Crippen LogP contribution in [0.1, 0.15) is 32.4 Å². The minimum atomic E-state index is 0.363. The molecule has 0 radical (unpaired) electrons. The Morgan fingerprint density at radius 3 is 2.76 bits per heavy atom. The van der Waals surface area contributed by atoms with Crippen LogP contribution in [0.4, 0.5) is 5.82 Å². The van der Waals surface area contributed by atoms with Gasteiger partial charge in [-0.25, -0.2) is 4.98 Å². The average Bonchev–Trinajstić information content (AvgIpc) is 3.09. The summed E-state index contributed by atoms with van der Waals surface area (Å²) in [5, 5.41) is 0. The van der Waals surface area contributed by atoms with E-state index in [-0.39, 0.29) is 0 Å². The van der Waals surface area contributed by atoms with Gasteiger partial charge < -0.3 is 10.6 Å². The molecule has 1 aromatic rings. The zero-order valence-electron chi connectivity index (χ0n) is 10.4. The molecule has 0 spiro atoms. The van der Waals surface area contributed by atoms with Gasteiger partial charge in [0.1, 0.15) is 10.8 Å². The van der Waals surface area contributed by atoms with Gasteiger partial charge in [-0.05, 0) is 44.7 Å². The van der Waals surface area contributed by atoms with Crippen LogP contribution < -0.4 is 10.6 Å². The summed E-state index contributed by atoms with van der Waals surface area (Å²) in [7, 11) is 0. The average molecular weight is 249 g/mol. The fraction of sp³-hybridized carbons (Fsp3) is 0.538. The summed E-state index contributed by atoms with van der Waals surface area (Å²) in [6, 6.07) is 6.31. The summed E-state index contributed by atoms with van der Waals surface area (Å²) in [6.07, 6.45) is 2.69. The largest absolute Gasteiger partial charge is 0.388 e. The molecule has 17 heavy (non-hydrogen) atoms. The zero-order chi connectivity index (χ0) is 12.4. The number of hydrogen-bond donors (Lipinski definition) is 1. The highest BCUT2D eigenvalue weighted by Gasteiger charge is 2.26. The van der Waals surface area contributed by atoms with E-state index in [2.05, 4.69) is 23.7 Å². The van der Waals surface area contributed by atoms with E-state index in [1.54, 1.807) is 0 Å². The molecule has 1 heterocycles. The second-order valence-corrected chi connectivity index (χ2v) is 5.37. The van der Waals surface area contributed by atoms with E-state index in [9.17, 15) is 0 Å². The van der Waals surface area contributed by atoms with E-state index >= 15 is 0 Å². The van der Waals surface area contributed by atoms with Gasteiger partial charge in [0.15, 0.2) is 0 Å². The predicted octanol–water partition coefficient (Wildman–Crippen LogP) is 2.34. The number of thiocarbonyl (C=S) groups is 1. The third-order valence-corrected chi connectivity index (χ3v) is 3.27. The molecule has 0 bridgehead atoms. The topological polar surface area (TPSA) is 42.1 Å². The van der Waals surface area contributed by atoms with Crippen LogP contribution in [0.5, 0.6) is 0 Å². The maximum Gasteiger partial charge on any atom is 0.129 e. The Bertz CT molecular complexity index is 413. The molecule has 2 N–H and O–H groups in total. The van der Waals surface area contributed by atoms with Crippen molar-refractivity contribution in [3.63, 3.8) is 0 Å². The van der Waals surface area contributed by atoms with Gasteiger partial charge in [0.05, 0.1) is 5.69 Å². The molecule has 0 aromatic carbocycles. The zero-order valence-corrected chi connectivity index (χ0v) is 11.2. The molecule has 3 nitrogen and oxygen atoms in total. The molecule has 0 amide bonds. The third kappa shape index (κ3) is 3.16. The lowest BCUT2D eigenvalue weighted by molar-refractivity contribution is 0.636. The van der Waals surface area contributed by atoms with Gasteiger partial charge >= 0.3 is 0 Å². The summed E-state index contributed by atoms with van der Waals surface area (Å²) < 4.78 is 0. The van der Waals surface area contributed by atoms with Gasteiger partial charge in [-0.3, -0.25) is 0 Å². The highest BCUT2D eigenvalue weighted by Crippen LogP contribution is 2.31. The maximum atomic E-state index is 5.62. The van der Waals surface area contributed by atoms with E-state index < -0.39 is 0 Å². The van der Waals surface area contributed by atoms with Crippen LogP contribution >= 0.6 is 12.2 Å². The van der Waals surface area contributed by atoms with Crippen molar-refractivity contribution in [1.29, 1.82) is 0 Å². The van der Waals surface area contributed by atoms with E-state index in [0.29, 0.717) is 16.7 Å². The van der Waals surface area contributed by atoms with E-state index in [4.69, 9.17) is 18.0 Å². The first-order chi connectivity index (χ1) is 8.08. The molecule has 0 unspecified atom stereocenters. The first kappa shape index (κ1) is 12.3. The fourth-order valence-corrected chi connectivity index (χ4v) is 1.98. The lowest BCUT2D eigenvalue weighted by Gasteiger charge is -2.28. The van der Waals surface area contributed by atoms with Gasteiger partial charge in [0.2, 0.25) is 0 Å². The van der Waals surface area contributed by atoms with E-state index in [1.165, 1.54) is 12.8 Å². The van der Waals surface area contributed by atoms with Gasteiger partial charge in [-0.1, -0.05) is 18.3 Å². The quantitative estimate of drug-likeness (QED) is 0.813. The van der Waals surface area contributed by atoms with Gasteiger partial charge in [-0.2, -0.15) is 0 Å². The number of hydrogen-bond acceptors (Lipinski definition) is 3. The molecule has 1 aliphatic carbocycles. The van der Waals surface area contributed by atoms with Crippen LogP contribution in [0.25, 0.3) is 0 Å². The number of nitrogens with two attached hydrogens (primary N) is 1. The molecule has 1 aliphatic rings. The molecule has 1 saturated carbocycles. The lowest BCUT2D eigenvalue weighted by Crippen LogP contribution is -2.33. The molecule has 2 rings (SSSR count). The fourth-order valence-electron chi connectivity index (χ4n) is 1.87. The van der Waals surface area contributed by atoms with Crippen molar-refractivity contribution in [3.05, 3.63) is 23.9 Å². The van der Waals surface area contributed by atoms with Crippen molar-refractivity contribution in [2.75, 3.05) is 11.4 Å². The first-order valence-corrected chi connectivity index (χ1v) is 6.52. The van der Waals surface area contributed by atoms with Crippen LogP contribution in [-0.4, -0.2) is 22.6 Å². The number of nitrogens with zero attached hydrogens (tertiary/aromatic N) is 2. The molecule has 0 aliphatic heterocycles.